The van der Waals surface area contributed by atoms with Gasteiger partial charge < -0.3 is 10.2 Å². The molecule has 0 unspecified atom stereocenters. The number of nitrogens with one attached hydrogen (secondary N) is 1. The molecule has 0 aliphatic carbocycles. The van der Waals surface area contributed by atoms with Crippen LogP contribution in [0.3, 0.4) is 0 Å². The van der Waals surface area contributed by atoms with Crippen LogP contribution in [-0.2, 0) is 4.79 Å². The number of amides is 1. The number of ketones is 1. The van der Waals surface area contributed by atoms with Gasteiger partial charge in [-0.1, -0.05) is 0 Å². The Morgan fingerprint density at radius 1 is 1.03 bits per heavy atom. The molecule has 8 nitrogen and oxygen atoms in total. The van der Waals surface area contributed by atoms with Crippen LogP contribution in [0.1, 0.15) is 28.7 Å². The Morgan fingerprint density at radius 3 is 2.34 bits per heavy atom. The average molecular weight is 390 g/mol. The molecule has 1 aliphatic rings. The van der Waals surface area contributed by atoms with Crippen molar-refractivity contribution in [1.82, 2.24) is 19.7 Å². The predicted molar refractivity (Wildman–Crippen MR) is 109 cm³/mol. The smallest absolute Gasteiger partial charge is 0.231 e. The summed E-state index contributed by atoms with van der Waals surface area (Å²) in [6, 6.07) is 10.8. The molecule has 1 fully saturated rings. The van der Waals surface area contributed by atoms with Crippen molar-refractivity contribution >= 4 is 23.2 Å². The normalized spacial score (nSPS) is 13.8. The van der Waals surface area contributed by atoms with Crippen LogP contribution in [-0.4, -0.2) is 44.5 Å². The second-order valence-corrected chi connectivity index (χ2v) is 7.30. The Hall–Kier alpha value is -3.55. The van der Waals surface area contributed by atoms with E-state index in [1.165, 1.54) is 13.3 Å². The minimum absolute atomic E-state index is 0.00203. The summed E-state index contributed by atoms with van der Waals surface area (Å²) in [6.07, 6.45) is 1.52. The molecule has 29 heavy (non-hydrogen) atoms. The number of Topliss-reactive ketones (excluding diaryl/α,β-unsaturated/α-hetero) is 1. The summed E-state index contributed by atoms with van der Waals surface area (Å²) in [5, 5.41) is 7.36. The Labute approximate surface area is 168 Å². The highest BCUT2D eigenvalue weighted by Crippen LogP contribution is 2.25. The van der Waals surface area contributed by atoms with E-state index in [-0.39, 0.29) is 17.6 Å². The first-order valence-electron chi connectivity index (χ1n) is 9.43. The molecule has 8 heteroatoms. The van der Waals surface area contributed by atoms with Crippen molar-refractivity contribution in [3.63, 3.8) is 0 Å². The number of aromatic nitrogens is 4. The number of aryl methyl sites for hydroxylation is 2. The van der Waals surface area contributed by atoms with Gasteiger partial charge in [-0.05, 0) is 51.1 Å². The van der Waals surface area contributed by atoms with E-state index in [1.54, 1.807) is 28.9 Å². The van der Waals surface area contributed by atoms with E-state index in [9.17, 15) is 9.59 Å². The molecular weight excluding hydrogens is 368 g/mol. The van der Waals surface area contributed by atoms with Crippen LogP contribution < -0.4 is 10.2 Å². The van der Waals surface area contributed by atoms with Gasteiger partial charge in [0.1, 0.15) is 12.1 Å². The maximum absolute atomic E-state index is 12.5. The molecule has 0 bridgehead atoms. The maximum atomic E-state index is 12.5. The van der Waals surface area contributed by atoms with Crippen LogP contribution in [0.2, 0.25) is 0 Å². The topological polar surface area (TPSA) is 93.0 Å². The van der Waals surface area contributed by atoms with Gasteiger partial charge in [0.2, 0.25) is 5.91 Å². The van der Waals surface area contributed by atoms with Crippen molar-refractivity contribution in [3.05, 3.63) is 59.7 Å². The van der Waals surface area contributed by atoms with Gasteiger partial charge in [0.05, 0.1) is 11.6 Å². The number of hydrogen-bond acceptors (Lipinski definition) is 6. The zero-order valence-electron chi connectivity index (χ0n) is 16.6. The van der Waals surface area contributed by atoms with Crippen molar-refractivity contribution in [2.75, 3.05) is 23.3 Å². The molecule has 1 amide bonds. The third kappa shape index (κ3) is 3.87. The fourth-order valence-corrected chi connectivity index (χ4v) is 3.35. The first-order valence-corrected chi connectivity index (χ1v) is 9.43. The van der Waals surface area contributed by atoms with Crippen molar-refractivity contribution in [3.8, 4) is 5.82 Å². The Bertz CT molecular complexity index is 1070. The average Bonchev–Trinajstić information content (AvgIpc) is 2.99. The summed E-state index contributed by atoms with van der Waals surface area (Å²) in [5.41, 5.74) is 3.25. The van der Waals surface area contributed by atoms with Crippen LogP contribution in [0.5, 0.6) is 0 Å². The maximum Gasteiger partial charge on any atom is 0.231 e. The summed E-state index contributed by atoms with van der Waals surface area (Å²) in [5.74, 6) is 1.33. The number of carbonyl (C=O) groups excluding carboxylic acids is 2. The van der Waals surface area contributed by atoms with Crippen LogP contribution >= 0.6 is 0 Å². The summed E-state index contributed by atoms with van der Waals surface area (Å²) in [6.45, 7) is 6.62. The quantitative estimate of drug-likeness (QED) is 0.673. The SMILES string of the molecule is CC(=O)c1ccc(NC(=O)C2CN(c3cc(-n4nc(C)cc4C)ncn3)C2)cc1. The number of nitrogens with zero attached hydrogens (tertiary/aromatic N) is 5. The van der Waals surface area contributed by atoms with Gasteiger partial charge in [0, 0.05) is 36.1 Å². The molecular formula is C21H22N6O2. The molecule has 0 spiro atoms. The molecule has 4 rings (SSSR count). The summed E-state index contributed by atoms with van der Waals surface area (Å²) in [7, 11) is 0. The standard InChI is InChI=1S/C21H22N6O2/c1-13-8-14(2)27(25-13)20-9-19(22-12-23-20)26-10-17(11-26)21(29)24-18-6-4-16(5-7-18)15(3)28/h4-9,12,17H,10-11H2,1-3H3,(H,24,29). The molecule has 1 aliphatic heterocycles. The minimum Gasteiger partial charge on any atom is -0.355 e. The first kappa shape index (κ1) is 18.8. The summed E-state index contributed by atoms with van der Waals surface area (Å²) in [4.78, 5) is 34.5. The largest absolute Gasteiger partial charge is 0.355 e. The molecule has 148 valence electrons. The minimum atomic E-state index is -0.116. The van der Waals surface area contributed by atoms with E-state index < -0.39 is 0 Å². The van der Waals surface area contributed by atoms with Gasteiger partial charge in [0.15, 0.2) is 11.6 Å². The lowest BCUT2D eigenvalue weighted by molar-refractivity contribution is -0.120. The Kier molecular flexibility index (Phi) is 4.84. The lowest BCUT2D eigenvalue weighted by Gasteiger charge is -2.39. The molecule has 0 radical (unpaired) electrons. The highest BCUT2D eigenvalue weighted by Gasteiger charge is 2.33. The van der Waals surface area contributed by atoms with Crippen LogP contribution in [0.25, 0.3) is 5.82 Å². The van der Waals surface area contributed by atoms with E-state index >= 15 is 0 Å². The van der Waals surface area contributed by atoms with Crippen molar-refractivity contribution in [1.29, 1.82) is 0 Å². The van der Waals surface area contributed by atoms with Gasteiger partial charge in [-0.25, -0.2) is 14.6 Å². The lowest BCUT2D eigenvalue weighted by Crippen LogP contribution is -2.52. The molecule has 3 aromatic rings. The zero-order chi connectivity index (χ0) is 20.5. The fraction of sp³-hybridized carbons (Fsp3) is 0.286. The van der Waals surface area contributed by atoms with Gasteiger partial charge in [0.25, 0.3) is 0 Å². The number of benzene rings is 1. The highest BCUT2D eigenvalue weighted by molar-refractivity contribution is 5.96. The molecule has 1 N–H and O–H groups in total. The Balaban J connectivity index is 1.38. The monoisotopic (exact) mass is 390 g/mol. The molecule has 0 saturated carbocycles. The fourth-order valence-electron chi connectivity index (χ4n) is 3.35. The van der Waals surface area contributed by atoms with E-state index in [0.717, 1.165) is 17.2 Å². The predicted octanol–water partition coefficient (Wildman–Crippen LogP) is 2.56. The molecule has 1 aromatic carbocycles. The number of carbonyl (C=O) groups is 2. The Morgan fingerprint density at radius 2 is 1.72 bits per heavy atom. The second-order valence-electron chi connectivity index (χ2n) is 7.30. The van der Waals surface area contributed by atoms with E-state index in [2.05, 4.69) is 20.4 Å². The van der Waals surface area contributed by atoms with E-state index in [0.29, 0.717) is 30.2 Å². The molecule has 2 aromatic heterocycles. The summed E-state index contributed by atoms with van der Waals surface area (Å²) >= 11 is 0. The van der Waals surface area contributed by atoms with Crippen LogP contribution in [0.4, 0.5) is 11.5 Å². The third-order valence-corrected chi connectivity index (χ3v) is 5.00. The lowest BCUT2D eigenvalue weighted by atomic mass is 9.99. The van der Waals surface area contributed by atoms with E-state index in [4.69, 9.17) is 0 Å². The molecule has 1 saturated heterocycles. The van der Waals surface area contributed by atoms with Crippen LogP contribution in [0, 0.1) is 19.8 Å². The third-order valence-electron chi connectivity index (χ3n) is 5.00. The van der Waals surface area contributed by atoms with Gasteiger partial charge in [-0.15, -0.1) is 0 Å². The zero-order valence-corrected chi connectivity index (χ0v) is 16.6. The molecule has 0 atom stereocenters. The summed E-state index contributed by atoms with van der Waals surface area (Å²) < 4.78 is 1.79. The van der Waals surface area contributed by atoms with Crippen LogP contribution in [0.15, 0.2) is 42.7 Å². The number of hydrogen-bond donors (Lipinski definition) is 1. The van der Waals surface area contributed by atoms with Gasteiger partial charge in [-0.2, -0.15) is 5.10 Å². The molecule has 3 heterocycles. The van der Waals surface area contributed by atoms with E-state index in [1.807, 2.05) is 30.9 Å². The van der Waals surface area contributed by atoms with Gasteiger partial charge in [-0.3, -0.25) is 9.59 Å². The van der Waals surface area contributed by atoms with Crippen molar-refractivity contribution < 1.29 is 9.59 Å². The highest BCUT2D eigenvalue weighted by atomic mass is 16.2. The second kappa shape index (κ2) is 7.46. The van der Waals surface area contributed by atoms with Crippen molar-refractivity contribution in [2.24, 2.45) is 5.92 Å². The number of anilines is 2. The van der Waals surface area contributed by atoms with Gasteiger partial charge >= 0.3 is 0 Å². The van der Waals surface area contributed by atoms with Crippen molar-refractivity contribution in [2.45, 2.75) is 20.8 Å². The number of rotatable bonds is 5. The first-order chi connectivity index (χ1) is 13.9.